The molecule has 0 unspecified atom stereocenters. The van der Waals surface area contributed by atoms with Crippen molar-refractivity contribution in [3.63, 3.8) is 0 Å². The second kappa shape index (κ2) is 4.69. The van der Waals surface area contributed by atoms with E-state index in [-0.39, 0.29) is 0 Å². The lowest BCUT2D eigenvalue weighted by molar-refractivity contribution is 0.361. The van der Waals surface area contributed by atoms with Crippen molar-refractivity contribution in [3.05, 3.63) is 17.0 Å². The summed E-state index contributed by atoms with van der Waals surface area (Å²) in [5.74, 6) is 2.36. The van der Waals surface area contributed by atoms with Crippen LogP contribution in [0.15, 0.2) is 6.07 Å². The Balaban J connectivity index is 1.68. The molecule has 0 saturated heterocycles. The molecular formula is C14H20ClN3. The maximum Gasteiger partial charge on any atom is 0.135 e. The molecule has 0 amide bonds. The fourth-order valence-corrected chi connectivity index (χ4v) is 2.95. The predicted octanol–water partition coefficient (Wildman–Crippen LogP) is 4.00. The number of nitrogens with one attached hydrogen (secondary N) is 1. The third-order valence-electron chi connectivity index (χ3n) is 4.16. The van der Waals surface area contributed by atoms with Crippen molar-refractivity contribution >= 4 is 17.4 Å². The number of anilines is 1. The lowest BCUT2D eigenvalue weighted by Crippen LogP contribution is -2.23. The Hall–Kier alpha value is -0.830. The van der Waals surface area contributed by atoms with Gasteiger partial charge in [-0.2, -0.15) is 0 Å². The van der Waals surface area contributed by atoms with Gasteiger partial charge in [0.15, 0.2) is 0 Å². The zero-order valence-electron chi connectivity index (χ0n) is 10.9. The minimum Gasteiger partial charge on any atom is -0.369 e. The molecule has 1 aromatic heterocycles. The highest BCUT2D eigenvalue weighted by Gasteiger charge is 2.29. The van der Waals surface area contributed by atoms with E-state index in [9.17, 15) is 0 Å². The second-order valence-electron chi connectivity index (χ2n) is 6.08. The maximum absolute atomic E-state index is 6.06. The van der Waals surface area contributed by atoms with Gasteiger partial charge >= 0.3 is 0 Å². The fourth-order valence-electron chi connectivity index (χ4n) is 2.76. The first-order chi connectivity index (χ1) is 8.65. The van der Waals surface area contributed by atoms with E-state index in [0.29, 0.717) is 16.5 Å². The quantitative estimate of drug-likeness (QED) is 0.836. The lowest BCUT2D eigenvalue weighted by Gasteiger charge is -2.24. The molecule has 0 spiro atoms. The van der Waals surface area contributed by atoms with E-state index in [1.165, 1.54) is 38.5 Å². The van der Waals surface area contributed by atoms with E-state index in [0.717, 1.165) is 18.2 Å². The third kappa shape index (κ3) is 2.77. The first kappa shape index (κ1) is 12.2. The van der Waals surface area contributed by atoms with Gasteiger partial charge < -0.3 is 5.32 Å². The molecule has 18 heavy (non-hydrogen) atoms. The molecule has 3 rings (SSSR count). The Kier molecular flexibility index (Phi) is 3.18. The normalized spacial score (nSPS) is 22.1. The van der Waals surface area contributed by atoms with Crippen molar-refractivity contribution in [2.45, 2.75) is 51.4 Å². The largest absolute Gasteiger partial charge is 0.369 e. The molecule has 2 aliphatic rings. The van der Waals surface area contributed by atoms with E-state index in [2.05, 4.69) is 22.2 Å². The first-order valence-electron chi connectivity index (χ1n) is 6.93. The summed E-state index contributed by atoms with van der Waals surface area (Å²) in [6.07, 6.45) is 7.75. The van der Waals surface area contributed by atoms with Crippen LogP contribution in [-0.2, 0) is 0 Å². The summed E-state index contributed by atoms with van der Waals surface area (Å²) in [5.41, 5.74) is 0.428. The molecule has 1 aromatic rings. The number of nitrogens with zero attached hydrogens (tertiary/aromatic N) is 2. The SMILES string of the molecule is CC1(CNc2cc(Cl)nc(C3CC3)n2)CCCC1. The molecule has 2 fully saturated rings. The molecule has 0 radical (unpaired) electrons. The topological polar surface area (TPSA) is 37.8 Å². The molecule has 0 atom stereocenters. The predicted molar refractivity (Wildman–Crippen MR) is 74.1 cm³/mol. The zero-order chi connectivity index (χ0) is 12.6. The molecule has 1 N–H and O–H groups in total. The first-order valence-corrected chi connectivity index (χ1v) is 7.31. The molecule has 0 bridgehead atoms. The molecule has 2 aliphatic carbocycles. The summed E-state index contributed by atoms with van der Waals surface area (Å²) in [6, 6.07) is 1.84. The van der Waals surface area contributed by atoms with Gasteiger partial charge in [0.2, 0.25) is 0 Å². The highest BCUT2D eigenvalue weighted by molar-refractivity contribution is 6.29. The molecule has 0 aromatic carbocycles. The van der Waals surface area contributed by atoms with Crippen LogP contribution < -0.4 is 5.32 Å². The van der Waals surface area contributed by atoms with Crippen LogP contribution in [0, 0.1) is 5.41 Å². The van der Waals surface area contributed by atoms with E-state index < -0.39 is 0 Å². The van der Waals surface area contributed by atoms with E-state index >= 15 is 0 Å². The van der Waals surface area contributed by atoms with Gasteiger partial charge in [-0.1, -0.05) is 31.4 Å². The summed E-state index contributed by atoms with van der Waals surface area (Å²) >= 11 is 6.06. The van der Waals surface area contributed by atoms with Gasteiger partial charge in [-0.05, 0) is 31.1 Å². The van der Waals surface area contributed by atoms with Gasteiger partial charge in [0, 0.05) is 18.5 Å². The molecule has 0 aliphatic heterocycles. The standard InChI is InChI=1S/C14H20ClN3/c1-14(6-2-3-7-14)9-16-12-8-11(15)17-13(18-12)10-4-5-10/h8,10H,2-7,9H2,1H3,(H,16,17,18). The van der Waals surface area contributed by atoms with Crippen molar-refractivity contribution in [1.82, 2.24) is 9.97 Å². The second-order valence-corrected chi connectivity index (χ2v) is 6.47. The van der Waals surface area contributed by atoms with Crippen LogP contribution in [0.25, 0.3) is 0 Å². The van der Waals surface area contributed by atoms with Gasteiger partial charge in [0.25, 0.3) is 0 Å². The lowest BCUT2D eigenvalue weighted by atomic mass is 9.89. The number of hydrogen-bond donors (Lipinski definition) is 1. The van der Waals surface area contributed by atoms with Crippen LogP contribution >= 0.6 is 11.6 Å². The monoisotopic (exact) mass is 265 g/mol. The highest BCUT2D eigenvalue weighted by atomic mass is 35.5. The van der Waals surface area contributed by atoms with Crippen molar-refractivity contribution in [2.75, 3.05) is 11.9 Å². The maximum atomic E-state index is 6.06. The molecule has 4 heteroatoms. The Bertz CT molecular complexity index is 437. The number of aromatic nitrogens is 2. The summed E-state index contributed by atoms with van der Waals surface area (Å²) in [6.45, 7) is 3.35. The smallest absolute Gasteiger partial charge is 0.135 e. The third-order valence-corrected chi connectivity index (χ3v) is 4.36. The Morgan fingerprint density at radius 1 is 1.33 bits per heavy atom. The fraction of sp³-hybridized carbons (Fsp3) is 0.714. The van der Waals surface area contributed by atoms with Crippen molar-refractivity contribution in [3.8, 4) is 0 Å². The molecular weight excluding hydrogens is 246 g/mol. The van der Waals surface area contributed by atoms with Crippen LogP contribution in [-0.4, -0.2) is 16.5 Å². The summed E-state index contributed by atoms with van der Waals surface area (Å²) < 4.78 is 0. The van der Waals surface area contributed by atoms with Gasteiger partial charge in [-0.25, -0.2) is 9.97 Å². The minimum absolute atomic E-state index is 0.428. The van der Waals surface area contributed by atoms with Crippen LogP contribution in [0.3, 0.4) is 0 Å². The summed E-state index contributed by atoms with van der Waals surface area (Å²) in [7, 11) is 0. The van der Waals surface area contributed by atoms with Crippen LogP contribution in [0.4, 0.5) is 5.82 Å². The number of halogens is 1. The van der Waals surface area contributed by atoms with Crippen LogP contribution in [0.5, 0.6) is 0 Å². The van der Waals surface area contributed by atoms with Crippen LogP contribution in [0.2, 0.25) is 5.15 Å². The van der Waals surface area contributed by atoms with Gasteiger partial charge in [0.05, 0.1) is 0 Å². The average Bonchev–Trinajstić information content (AvgIpc) is 3.10. The summed E-state index contributed by atoms with van der Waals surface area (Å²) in [4.78, 5) is 8.89. The van der Waals surface area contributed by atoms with Crippen LogP contribution in [0.1, 0.15) is 57.2 Å². The highest BCUT2D eigenvalue weighted by Crippen LogP contribution is 2.39. The Morgan fingerprint density at radius 2 is 2.06 bits per heavy atom. The number of hydrogen-bond acceptors (Lipinski definition) is 3. The molecule has 2 saturated carbocycles. The minimum atomic E-state index is 0.428. The van der Waals surface area contributed by atoms with Gasteiger partial charge in [-0.3, -0.25) is 0 Å². The van der Waals surface area contributed by atoms with Crippen molar-refractivity contribution < 1.29 is 0 Å². The molecule has 3 nitrogen and oxygen atoms in total. The molecule has 1 heterocycles. The molecule has 98 valence electrons. The Morgan fingerprint density at radius 3 is 2.72 bits per heavy atom. The van der Waals surface area contributed by atoms with E-state index in [1.807, 2.05) is 6.07 Å². The Labute approximate surface area is 113 Å². The van der Waals surface area contributed by atoms with E-state index in [4.69, 9.17) is 11.6 Å². The average molecular weight is 266 g/mol. The van der Waals surface area contributed by atoms with Gasteiger partial charge in [0.1, 0.15) is 16.8 Å². The van der Waals surface area contributed by atoms with Crippen molar-refractivity contribution in [2.24, 2.45) is 5.41 Å². The van der Waals surface area contributed by atoms with Crippen molar-refractivity contribution in [1.29, 1.82) is 0 Å². The van der Waals surface area contributed by atoms with Gasteiger partial charge in [-0.15, -0.1) is 0 Å². The number of rotatable bonds is 4. The summed E-state index contributed by atoms with van der Waals surface area (Å²) in [5, 5.41) is 4.02. The van der Waals surface area contributed by atoms with E-state index in [1.54, 1.807) is 0 Å². The zero-order valence-corrected chi connectivity index (χ0v) is 11.6.